The molecule has 5 aromatic rings. The van der Waals surface area contributed by atoms with Gasteiger partial charge in [-0.1, -0.05) is 228 Å². The Kier molecular flexibility index (Phi) is 15.0. The van der Waals surface area contributed by atoms with Crippen molar-refractivity contribution in [3.63, 3.8) is 0 Å². The van der Waals surface area contributed by atoms with Crippen LogP contribution in [0.3, 0.4) is 0 Å². The van der Waals surface area contributed by atoms with Crippen molar-refractivity contribution in [3.8, 4) is 11.1 Å². The zero-order chi connectivity index (χ0) is 46.5. The van der Waals surface area contributed by atoms with Gasteiger partial charge in [0.1, 0.15) is 0 Å². The van der Waals surface area contributed by atoms with Crippen molar-refractivity contribution in [1.82, 2.24) is 0 Å². The second-order valence-corrected chi connectivity index (χ2v) is 17.3. The van der Waals surface area contributed by atoms with Crippen molar-refractivity contribution in [2.75, 3.05) is 0 Å². The molecule has 0 heterocycles. The summed E-state index contributed by atoms with van der Waals surface area (Å²) in [6, 6.07) is 38.0. The molecule has 0 heteroatoms. The van der Waals surface area contributed by atoms with Gasteiger partial charge < -0.3 is 0 Å². The summed E-state index contributed by atoms with van der Waals surface area (Å²) in [5, 5.41) is 4.47. The van der Waals surface area contributed by atoms with Crippen LogP contribution in [0.1, 0.15) is 60.9 Å². The first kappa shape index (κ1) is 45.8. The smallest absolute Gasteiger partial charge is 0.00226 e. The standard InChI is InChI=1S/C67H60/c1-7-9-26-50(5)60(35-10-8-2)57-33-22-27-52(44-57)45-58-34-23-37-62(58)67(66-42-49(4)25-15-13-17-29-54-31-20-21-36-61(54)66)63-47-65(55-30-16-12-11-14-24-48(3)38-39-55)64(43-51(63)6)59-41-40-53-28-18-19-32-56(53)46-59/h8-15,17-22,24-28,30-44,46-47H,3-7,16,23,29,45H2,1-2H3/b10-8-,12-11-,17-13-,24-14-,25-15-,26-9-,39-38-,55-30+,60-35+,66-42+,67-63+. The first-order valence-electron chi connectivity index (χ1n) is 23.6. The summed E-state index contributed by atoms with van der Waals surface area (Å²) in [7, 11) is 0. The SMILES string of the molecule is C=C1/C=C\C=C/C/C=C(c2c/c(=C(C3=CCC=C3Cc3cccc(/C(=C/C=C\C)C(=C)/C=C\CC)c3)\C3=C\C(=C)/C=C\C=C/Cc4ccccc43)c(=C)cc2-c2ccc3ccccc3c2)\C=C/1. The van der Waals surface area contributed by atoms with Crippen LogP contribution in [0.15, 0.2) is 266 Å². The van der Waals surface area contributed by atoms with Gasteiger partial charge in [-0.2, -0.15) is 0 Å². The fourth-order valence-corrected chi connectivity index (χ4v) is 9.12. The summed E-state index contributed by atoms with van der Waals surface area (Å²) >= 11 is 0. The van der Waals surface area contributed by atoms with Crippen LogP contribution in [-0.4, -0.2) is 0 Å². The predicted molar refractivity (Wildman–Crippen MR) is 295 cm³/mol. The fraction of sp³-hybridized carbons (Fsp3) is 0.104. The minimum Gasteiger partial charge on any atom is -0.0918 e. The van der Waals surface area contributed by atoms with Gasteiger partial charge in [0.25, 0.3) is 0 Å². The summed E-state index contributed by atoms with van der Waals surface area (Å²) in [6.45, 7) is 22.6. The maximum Gasteiger partial charge on any atom is -0.00226 e. The second kappa shape index (κ2) is 21.9. The quantitative estimate of drug-likeness (QED) is 0.116. The van der Waals surface area contributed by atoms with E-state index in [2.05, 4.69) is 252 Å². The molecule has 0 saturated carbocycles. The maximum atomic E-state index is 4.93. The minimum atomic E-state index is 0.764. The van der Waals surface area contributed by atoms with Crippen LogP contribution in [0.4, 0.5) is 0 Å². The van der Waals surface area contributed by atoms with Crippen LogP contribution in [0.5, 0.6) is 0 Å². The molecule has 0 N–H and O–H groups in total. The van der Waals surface area contributed by atoms with Crippen molar-refractivity contribution in [2.45, 2.75) is 46.0 Å². The highest BCUT2D eigenvalue weighted by Crippen LogP contribution is 2.41. The highest BCUT2D eigenvalue weighted by Gasteiger charge is 2.24. The monoisotopic (exact) mass is 864 g/mol. The van der Waals surface area contributed by atoms with Gasteiger partial charge in [-0.3, -0.25) is 0 Å². The Bertz CT molecular complexity index is 3270. The van der Waals surface area contributed by atoms with E-state index in [9.17, 15) is 0 Å². The minimum absolute atomic E-state index is 0.764. The van der Waals surface area contributed by atoms with E-state index < -0.39 is 0 Å². The Balaban J connectivity index is 1.40. The number of fused-ring (bicyclic) bond motifs is 2. The third kappa shape index (κ3) is 11.0. The lowest BCUT2D eigenvalue weighted by Crippen LogP contribution is -2.28. The van der Waals surface area contributed by atoms with Crippen LogP contribution in [0.2, 0.25) is 0 Å². The Hall–Kier alpha value is -7.80. The largest absolute Gasteiger partial charge is 0.0918 e. The van der Waals surface area contributed by atoms with Crippen LogP contribution in [0.25, 0.3) is 50.8 Å². The van der Waals surface area contributed by atoms with Crippen molar-refractivity contribution in [2.24, 2.45) is 0 Å². The molecule has 0 saturated heterocycles. The Morgan fingerprint density at radius 2 is 1.46 bits per heavy atom. The van der Waals surface area contributed by atoms with Gasteiger partial charge in [0.15, 0.2) is 0 Å². The number of allylic oxidation sites excluding steroid dienone is 27. The van der Waals surface area contributed by atoms with Gasteiger partial charge in [-0.15, -0.1) is 0 Å². The van der Waals surface area contributed by atoms with Gasteiger partial charge in [-0.25, -0.2) is 0 Å². The molecule has 0 aromatic heterocycles. The van der Waals surface area contributed by atoms with E-state index in [1.54, 1.807) is 0 Å². The van der Waals surface area contributed by atoms with Crippen LogP contribution in [-0.2, 0) is 12.8 Å². The van der Waals surface area contributed by atoms with Crippen LogP contribution < -0.4 is 10.4 Å². The summed E-state index contributed by atoms with van der Waals surface area (Å²) in [5.41, 5.74) is 18.2. The molecule has 0 atom stereocenters. The summed E-state index contributed by atoms with van der Waals surface area (Å²) in [4.78, 5) is 0. The molecule has 0 nitrogen and oxygen atoms in total. The zero-order valence-corrected chi connectivity index (χ0v) is 39.1. The van der Waals surface area contributed by atoms with Gasteiger partial charge >= 0.3 is 0 Å². The molecule has 0 spiro atoms. The molecular weight excluding hydrogens is 805 g/mol. The van der Waals surface area contributed by atoms with E-state index in [0.29, 0.717) is 0 Å². The van der Waals surface area contributed by atoms with E-state index in [1.165, 1.54) is 38.6 Å². The first-order chi connectivity index (χ1) is 32.8. The first-order valence-corrected chi connectivity index (χ1v) is 23.6. The molecule has 0 aliphatic heterocycles. The van der Waals surface area contributed by atoms with E-state index in [1.807, 2.05) is 0 Å². The Morgan fingerprint density at radius 1 is 0.657 bits per heavy atom. The third-order valence-corrected chi connectivity index (χ3v) is 12.5. The Labute approximate surface area is 399 Å². The highest BCUT2D eigenvalue weighted by atomic mass is 14.3. The zero-order valence-electron chi connectivity index (χ0n) is 39.1. The number of hydrogen-bond acceptors (Lipinski definition) is 0. The predicted octanol–water partition coefficient (Wildman–Crippen LogP) is 16.4. The summed E-state index contributed by atoms with van der Waals surface area (Å²) in [5.74, 6) is 0. The van der Waals surface area contributed by atoms with Crippen molar-refractivity contribution >= 4 is 39.6 Å². The van der Waals surface area contributed by atoms with Gasteiger partial charge in [-0.05, 0) is 174 Å². The number of benzene rings is 5. The van der Waals surface area contributed by atoms with Crippen molar-refractivity contribution < 1.29 is 0 Å². The topological polar surface area (TPSA) is 0 Å². The molecule has 328 valence electrons. The lowest BCUT2D eigenvalue weighted by atomic mass is 9.81. The van der Waals surface area contributed by atoms with Crippen LogP contribution >= 0.6 is 0 Å². The lowest BCUT2D eigenvalue weighted by Gasteiger charge is -2.22. The molecule has 5 aromatic carbocycles. The summed E-state index contributed by atoms with van der Waals surface area (Å²) < 4.78 is 0. The molecule has 0 amide bonds. The molecule has 8 rings (SSSR count). The fourth-order valence-electron chi connectivity index (χ4n) is 9.12. The molecule has 0 fully saturated rings. The summed E-state index contributed by atoms with van der Waals surface area (Å²) in [6.07, 6.45) is 45.6. The average Bonchev–Trinajstić information content (AvgIpc) is 3.80. The van der Waals surface area contributed by atoms with Crippen LogP contribution in [0, 0.1) is 0 Å². The van der Waals surface area contributed by atoms with Gasteiger partial charge in [0, 0.05) is 0 Å². The van der Waals surface area contributed by atoms with Crippen molar-refractivity contribution in [3.05, 3.63) is 304 Å². The number of hydrogen-bond donors (Lipinski definition) is 0. The van der Waals surface area contributed by atoms with E-state index in [4.69, 9.17) is 6.58 Å². The molecule has 0 bridgehead atoms. The lowest BCUT2D eigenvalue weighted by molar-refractivity contribution is 1.17. The second-order valence-electron chi connectivity index (χ2n) is 17.3. The maximum absolute atomic E-state index is 4.93. The van der Waals surface area contributed by atoms with E-state index >= 15 is 0 Å². The normalized spacial score (nSPS) is 19.9. The number of rotatable bonds is 11. The molecule has 3 aliphatic rings. The van der Waals surface area contributed by atoms with Gasteiger partial charge in [0.05, 0.1) is 0 Å². The van der Waals surface area contributed by atoms with Crippen molar-refractivity contribution in [1.29, 1.82) is 0 Å². The molecular formula is C67H60. The average molecular weight is 865 g/mol. The molecule has 3 aliphatic carbocycles. The molecule has 67 heavy (non-hydrogen) atoms. The molecule has 0 unspecified atom stereocenters. The third-order valence-electron chi connectivity index (χ3n) is 12.5. The molecule has 0 radical (unpaired) electrons. The van der Waals surface area contributed by atoms with E-state index in [0.717, 1.165) is 104 Å². The van der Waals surface area contributed by atoms with Gasteiger partial charge in [0.2, 0.25) is 0 Å². The Morgan fingerprint density at radius 3 is 2.31 bits per heavy atom. The highest BCUT2D eigenvalue weighted by molar-refractivity contribution is 6.08. The van der Waals surface area contributed by atoms with E-state index in [-0.39, 0.29) is 0 Å².